The van der Waals surface area contributed by atoms with Crippen LogP contribution in [0.1, 0.15) is 37.9 Å². The highest BCUT2D eigenvalue weighted by Crippen LogP contribution is 2.18. The zero-order valence-corrected chi connectivity index (χ0v) is 7.00. The molecule has 1 aromatic heterocycles. The molecule has 62 valence electrons. The summed E-state index contributed by atoms with van der Waals surface area (Å²) in [6.07, 6.45) is 1.16. The van der Waals surface area contributed by atoms with Gasteiger partial charge in [0, 0.05) is 6.42 Å². The molecule has 0 saturated heterocycles. The van der Waals surface area contributed by atoms with Gasteiger partial charge in [0.15, 0.2) is 0 Å². The Morgan fingerprint density at radius 1 is 1.45 bits per heavy atom. The molecule has 0 aliphatic carbocycles. The molecule has 0 saturated carbocycles. The summed E-state index contributed by atoms with van der Waals surface area (Å²) in [4.78, 5) is 0. The fourth-order valence-corrected chi connectivity index (χ4v) is 0.965. The number of hydrogen-bond donors (Lipinski definition) is 1. The lowest BCUT2D eigenvalue weighted by Gasteiger charge is -2.01. The van der Waals surface area contributed by atoms with E-state index in [9.17, 15) is 5.11 Å². The molecule has 0 radical (unpaired) electrons. The van der Waals surface area contributed by atoms with Gasteiger partial charge in [-0.1, -0.05) is 13.8 Å². The fourth-order valence-electron chi connectivity index (χ4n) is 0.965. The van der Waals surface area contributed by atoms with Crippen molar-refractivity contribution in [3.8, 4) is 0 Å². The minimum absolute atomic E-state index is 0.435. The highest BCUT2D eigenvalue weighted by atomic mass is 16.4. The van der Waals surface area contributed by atoms with E-state index in [4.69, 9.17) is 4.42 Å². The Morgan fingerprint density at radius 2 is 2.18 bits per heavy atom. The summed E-state index contributed by atoms with van der Waals surface area (Å²) >= 11 is 0. The summed E-state index contributed by atoms with van der Waals surface area (Å²) in [7, 11) is 0. The van der Waals surface area contributed by atoms with Crippen molar-refractivity contribution < 1.29 is 9.52 Å². The van der Waals surface area contributed by atoms with Gasteiger partial charge in [0.1, 0.15) is 17.6 Å². The van der Waals surface area contributed by atoms with Gasteiger partial charge in [0.25, 0.3) is 0 Å². The van der Waals surface area contributed by atoms with Crippen LogP contribution in [0.3, 0.4) is 0 Å². The van der Waals surface area contributed by atoms with Gasteiger partial charge >= 0.3 is 0 Å². The molecule has 0 fully saturated rings. The molecule has 0 amide bonds. The van der Waals surface area contributed by atoms with Crippen LogP contribution in [0.25, 0.3) is 0 Å². The molecule has 1 heterocycles. The highest BCUT2D eigenvalue weighted by molar-refractivity contribution is 5.08. The van der Waals surface area contributed by atoms with Crippen LogP contribution in [0, 0.1) is 0 Å². The van der Waals surface area contributed by atoms with Crippen LogP contribution in [0.2, 0.25) is 0 Å². The number of aryl methyl sites for hydroxylation is 1. The van der Waals surface area contributed by atoms with E-state index in [0.717, 1.165) is 12.2 Å². The zero-order valence-electron chi connectivity index (χ0n) is 7.00. The molecular formula is C9H14O2. The molecule has 1 rings (SSSR count). The van der Waals surface area contributed by atoms with Crippen molar-refractivity contribution in [1.82, 2.24) is 0 Å². The second-order valence-electron chi connectivity index (χ2n) is 2.58. The maximum atomic E-state index is 9.34. The predicted molar refractivity (Wildman–Crippen MR) is 43.3 cm³/mol. The summed E-state index contributed by atoms with van der Waals surface area (Å²) in [5, 5.41) is 9.34. The van der Waals surface area contributed by atoms with Gasteiger partial charge in [-0.05, 0) is 18.6 Å². The number of aliphatic hydroxyl groups excluding tert-OH is 1. The normalized spacial score (nSPS) is 13.4. The Hall–Kier alpha value is -0.760. The Balaban J connectivity index is 2.71. The van der Waals surface area contributed by atoms with Crippen LogP contribution in [0.4, 0.5) is 0 Å². The third kappa shape index (κ3) is 1.84. The first-order valence-electron chi connectivity index (χ1n) is 4.04. The van der Waals surface area contributed by atoms with Gasteiger partial charge in [0.05, 0.1) is 0 Å². The summed E-state index contributed by atoms with van der Waals surface area (Å²) in [6, 6.07) is 3.75. The molecule has 0 aromatic carbocycles. The Bertz CT molecular complexity index is 215. The van der Waals surface area contributed by atoms with Gasteiger partial charge < -0.3 is 9.52 Å². The van der Waals surface area contributed by atoms with Crippen molar-refractivity contribution >= 4 is 0 Å². The molecule has 0 unspecified atom stereocenters. The second kappa shape index (κ2) is 3.58. The predicted octanol–water partition coefficient (Wildman–Crippen LogP) is 2.29. The van der Waals surface area contributed by atoms with Gasteiger partial charge in [-0.3, -0.25) is 0 Å². The van der Waals surface area contributed by atoms with E-state index in [-0.39, 0.29) is 0 Å². The van der Waals surface area contributed by atoms with Crippen LogP contribution in [-0.2, 0) is 6.42 Å². The lowest BCUT2D eigenvalue weighted by molar-refractivity contribution is 0.144. The molecule has 1 aromatic rings. The van der Waals surface area contributed by atoms with Crippen molar-refractivity contribution in [1.29, 1.82) is 0 Å². The topological polar surface area (TPSA) is 33.4 Å². The molecule has 2 heteroatoms. The van der Waals surface area contributed by atoms with Gasteiger partial charge in [-0.2, -0.15) is 0 Å². The molecule has 11 heavy (non-hydrogen) atoms. The molecule has 1 N–H and O–H groups in total. The average Bonchev–Trinajstić information content (AvgIpc) is 2.50. The van der Waals surface area contributed by atoms with E-state index in [0.29, 0.717) is 12.2 Å². The van der Waals surface area contributed by atoms with E-state index in [1.54, 1.807) is 0 Å². The van der Waals surface area contributed by atoms with Crippen LogP contribution in [0.15, 0.2) is 16.5 Å². The van der Waals surface area contributed by atoms with Crippen LogP contribution in [-0.4, -0.2) is 5.11 Å². The quantitative estimate of drug-likeness (QED) is 0.724. The molecule has 0 bridgehead atoms. The third-order valence-electron chi connectivity index (χ3n) is 1.75. The van der Waals surface area contributed by atoms with Gasteiger partial charge in [0.2, 0.25) is 0 Å². The van der Waals surface area contributed by atoms with E-state index in [2.05, 4.69) is 0 Å². The zero-order chi connectivity index (χ0) is 8.27. The summed E-state index contributed by atoms with van der Waals surface area (Å²) in [5.41, 5.74) is 0. The summed E-state index contributed by atoms with van der Waals surface area (Å²) in [5.74, 6) is 1.62. The van der Waals surface area contributed by atoms with Crippen molar-refractivity contribution in [2.24, 2.45) is 0 Å². The van der Waals surface area contributed by atoms with E-state index in [1.807, 2.05) is 26.0 Å². The highest BCUT2D eigenvalue weighted by Gasteiger charge is 2.08. The lowest BCUT2D eigenvalue weighted by Crippen LogP contribution is -1.91. The van der Waals surface area contributed by atoms with Crippen molar-refractivity contribution in [2.45, 2.75) is 32.8 Å². The average molecular weight is 154 g/mol. The van der Waals surface area contributed by atoms with Crippen LogP contribution < -0.4 is 0 Å². The minimum atomic E-state index is -0.435. The largest absolute Gasteiger partial charge is 0.463 e. The SMILES string of the molecule is CCc1ccc([C@H](O)CC)o1. The van der Waals surface area contributed by atoms with Crippen molar-refractivity contribution in [3.05, 3.63) is 23.7 Å². The molecule has 0 aliphatic rings. The first-order valence-corrected chi connectivity index (χ1v) is 4.04. The molecule has 0 aliphatic heterocycles. The molecule has 2 nitrogen and oxygen atoms in total. The fraction of sp³-hybridized carbons (Fsp3) is 0.556. The Labute approximate surface area is 66.8 Å². The summed E-state index contributed by atoms with van der Waals surface area (Å²) < 4.78 is 5.34. The third-order valence-corrected chi connectivity index (χ3v) is 1.75. The van der Waals surface area contributed by atoms with Crippen molar-refractivity contribution in [2.75, 3.05) is 0 Å². The number of aliphatic hydroxyl groups is 1. The lowest BCUT2D eigenvalue weighted by atomic mass is 10.2. The van der Waals surface area contributed by atoms with Crippen LogP contribution in [0.5, 0.6) is 0 Å². The van der Waals surface area contributed by atoms with Crippen LogP contribution >= 0.6 is 0 Å². The van der Waals surface area contributed by atoms with Crippen molar-refractivity contribution in [3.63, 3.8) is 0 Å². The van der Waals surface area contributed by atoms with E-state index in [1.165, 1.54) is 0 Å². The van der Waals surface area contributed by atoms with Gasteiger partial charge in [-0.15, -0.1) is 0 Å². The van der Waals surface area contributed by atoms with E-state index >= 15 is 0 Å². The molecular weight excluding hydrogens is 140 g/mol. The number of hydrogen-bond acceptors (Lipinski definition) is 2. The first kappa shape index (κ1) is 8.34. The monoisotopic (exact) mass is 154 g/mol. The standard InChI is InChI=1S/C9H14O2/c1-3-7-5-6-9(11-7)8(10)4-2/h5-6,8,10H,3-4H2,1-2H3/t8-/m1/s1. The maximum absolute atomic E-state index is 9.34. The maximum Gasteiger partial charge on any atom is 0.132 e. The smallest absolute Gasteiger partial charge is 0.132 e. The number of rotatable bonds is 3. The van der Waals surface area contributed by atoms with Gasteiger partial charge in [-0.25, -0.2) is 0 Å². The Kier molecular flexibility index (Phi) is 2.71. The molecule has 1 atom stereocenters. The molecule has 0 spiro atoms. The number of furan rings is 1. The van der Waals surface area contributed by atoms with E-state index < -0.39 is 6.10 Å². The first-order chi connectivity index (χ1) is 5.27. The Morgan fingerprint density at radius 3 is 2.64 bits per heavy atom. The second-order valence-corrected chi connectivity index (χ2v) is 2.58. The minimum Gasteiger partial charge on any atom is -0.463 e. The summed E-state index contributed by atoms with van der Waals surface area (Å²) in [6.45, 7) is 3.96.